The Morgan fingerprint density at radius 1 is 0.464 bits per heavy atom. The van der Waals surface area contributed by atoms with E-state index in [0.29, 0.717) is 0 Å². The van der Waals surface area contributed by atoms with Gasteiger partial charge in [0.15, 0.2) is 8.07 Å². The normalized spacial score (nSPS) is 11.2. The van der Waals surface area contributed by atoms with E-state index in [1.807, 2.05) is 0 Å². The first-order chi connectivity index (χ1) is 13.7. The summed E-state index contributed by atoms with van der Waals surface area (Å²) < 4.78 is 0. The average molecular weight is 380 g/mol. The fourth-order valence-electron chi connectivity index (χ4n) is 4.08. The van der Waals surface area contributed by atoms with Gasteiger partial charge in [-0.1, -0.05) is 103 Å². The largest absolute Gasteiger partial charge is 0.378 e. The average Bonchev–Trinajstić information content (AvgIpc) is 2.77. The molecular formula is C26H25NSi. The highest BCUT2D eigenvalue weighted by molar-refractivity contribution is 7.19. The summed E-state index contributed by atoms with van der Waals surface area (Å²) in [5.41, 5.74) is 1.23. The van der Waals surface area contributed by atoms with Gasteiger partial charge in [0.2, 0.25) is 0 Å². The lowest BCUT2D eigenvalue weighted by Gasteiger charge is -2.35. The second-order valence-electron chi connectivity index (χ2n) is 7.29. The summed E-state index contributed by atoms with van der Waals surface area (Å²) in [6, 6.07) is 42.2. The van der Waals surface area contributed by atoms with E-state index >= 15 is 0 Å². The van der Waals surface area contributed by atoms with Crippen molar-refractivity contribution >= 4 is 34.5 Å². The fraction of sp³-hybridized carbons (Fsp3) is 0.0769. The van der Waals surface area contributed by atoms with Crippen molar-refractivity contribution in [3.8, 4) is 0 Å². The molecule has 0 aliphatic heterocycles. The van der Waals surface area contributed by atoms with E-state index in [2.05, 4.69) is 134 Å². The van der Waals surface area contributed by atoms with Crippen LogP contribution in [0.25, 0.3) is 0 Å². The highest BCUT2D eigenvalue weighted by Gasteiger charge is 2.41. The van der Waals surface area contributed by atoms with Gasteiger partial charge in [0.05, 0.1) is 0 Å². The van der Waals surface area contributed by atoms with Crippen molar-refractivity contribution < 1.29 is 0 Å². The first kappa shape index (κ1) is 18.3. The highest BCUT2D eigenvalue weighted by Crippen LogP contribution is 2.14. The van der Waals surface area contributed by atoms with E-state index in [4.69, 9.17) is 0 Å². The summed E-state index contributed by atoms with van der Waals surface area (Å²) in [6.45, 7) is 0. The molecule has 0 saturated heterocycles. The molecule has 4 rings (SSSR count). The van der Waals surface area contributed by atoms with Gasteiger partial charge >= 0.3 is 0 Å². The van der Waals surface area contributed by atoms with Crippen molar-refractivity contribution in [3.05, 3.63) is 115 Å². The summed E-state index contributed by atoms with van der Waals surface area (Å²) >= 11 is 0. The quantitative estimate of drug-likeness (QED) is 0.380. The smallest absolute Gasteiger partial charge is 0.179 e. The Bertz CT molecular complexity index is 931. The fourth-order valence-corrected chi connectivity index (χ4v) is 8.87. The lowest BCUT2D eigenvalue weighted by atomic mass is 10.3. The Morgan fingerprint density at radius 3 is 1.25 bits per heavy atom. The van der Waals surface area contributed by atoms with Gasteiger partial charge in [-0.05, 0) is 32.9 Å². The lowest BCUT2D eigenvalue weighted by molar-refractivity contribution is 1.13. The Morgan fingerprint density at radius 2 is 0.857 bits per heavy atom. The van der Waals surface area contributed by atoms with E-state index in [-0.39, 0.29) is 0 Å². The van der Waals surface area contributed by atoms with Crippen molar-refractivity contribution in [2.45, 2.75) is 0 Å². The van der Waals surface area contributed by atoms with E-state index in [1.165, 1.54) is 26.4 Å². The Labute approximate surface area is 168 Å². The summed E-state index contributed by atoms with van der Waals surface area (Å²) in [5, 5.41) is 5.62. The lowest BCUT2D eigenvalue weighted by Crippen LogP contribution is -2.74. The molecule has 0 heterocycles. The van der Waals surface area contributed by atoms with Gasteiger partial charge in [-0.15, -0.1) is 0 Å². The third kappa shape index (κ3) is 3.16. The number of anilines is 1. The molecule has 0 radical (unpaired) electrons. The first-order valence-corrected chi connectivity index (χ1v) is 11.7. The molecule has 2 heteroatoms. The first-order valence-electron chi connectivity index (χ1n) is 9.67. The van der Waals surface area contributed by atoms with Crippen LogP contribution >= 0.6 is 0 Å². The van der Waals surface area contributed by atoms with Gasteiger partial charge in [0.1, 0.15) is 0 Å². The van der Waals surface area contributed by atoms with E-state index in [9.17, 15) is 0 Å². The van der Waals surface area contributed by atoms with Crippen LogP contribution in [-0.4, -0.2) is 22.2 Å². The third-order valence-electron chi connectivity index (χ3n) is 5.42. The van der Waals surface area contributed by atoms with Crippen LogP contribution in [0.15, 0.2) is 115 Å². The molecule has 28 heavy (non-hydrogen) atoms. The van der Waals surface area contributed by atoms with Crippen LogP contribution in [0, 0.1) is 0 Å². The molecule has 0 aliphatic carbocycles. The second kappa shape index (κ2) is 7.87. The molecule has 0 aromatic heterocycles. The minimum atomic E-state index is -2.40. The zero-order valence-electron chi connectivity index (χ0n) is 16.4. The van der Waals surface area contributed by atoms with Crippen molar-refractivity contribution in [2.24, 2.45) is 0 Å². The van der Waals surface area contributed by atoms with Crippen molar-refractivity contribution in [3.63, 3.8) is 0 Å². The Balaban J connectivity index is 2.12. The molecule has 0 atom stereocenters. The summed E-state index contributed by atoms with van der Waals surface area (Å²) in [6.07, 6.45) is 0. The van der Waals surface area contributed by atoms with Crippen LogP contribution in [0.1, 0.15) is 0 Å². The van der Waals surface area contributed by atoms with Crippen molar-refractivity contribution in [2.75, 3.05) is 19.0 Å². The van der Waals surface area contributed by atoms with Crippen LogP contribution in [-0.2, 0) is 0 Å². The summed E-state index contributed by atoms with van der Waals surface area (Å²) in [5.74, 6) is 0. The predicted molar refractivity (Wildman–Crippen MR) is 124 cm³/mol. The monoisotopic (exact) mass is 379 g/mol. The maximum absolute atomic E-state index is 2.40. The van der Waals surface area contributed by atoms with Gasteiger partial charge in [0.25, 0.3) is 0 Å². The maximum Gasteiger partial charge on any atom is 0.179 e. The van der Waals surface area contributed by atoms with Gasteiger partial charge in [-0.25, -0.2) is 0 Å². The molecule has 0 spiro atoms. The summed E-state index contributed by atoms with van der Waals surface area (Å²) in [4.78, 5) is 2.18. The van der Waals surface area contributed by atoms with Gasteiger partial charge in [-0.3, -0.25) is 0 Å². The number of nitrogens with zero attached hydrogens (tertiary/aromatic N) is 1. The zero-order chi connectivity index (χ0) is 19.4. The molecule has 0 fully saturated rings. The van der Waals surface area contributed by atoms with Crippen LogP contribution in [0.5, 0.6) is 0 Å². The van der Waals surface area contributed by atoms with Crippen molar-refractivity contribution in [1.82, 2.24) is 0 Å². The molecule has 0 N–H and O–H groups in total. The number of hydrogen-bond acceptors (Lipinski definition) is 1. The number of hydrogen-bond donors (Lipinski definition) is 0. The topological polar surface area (TPSA) is 3.24 Å². The maximum atomic E-state index is 2.37. The molecule has 0 aliphatic rings. The van der Waals surface area contributed by atoms with Crippen molar-refractivity contribution in [1.29, 1.82) is 0 Å². The SMILES string of the molecule is CN(C)c1cccc([Si](c2ccccc2)(c2ccccc2)c2ccccc2)c1. The minimum absolute atomic E-state index is 1.23. The van der Waals surface area contributed by atoms with E-state index < -0.39 is 8.07 Å². The Hall–Kier alpha value is -3.10. The molecular weight excluding hydrogens is 354 g/mol. The molecule has 138 valence electrons. The standard InChI is InChI=1S/C26H25NSi/c1-27(2)22-13-12-20-26(21-22)28(23-14-6-3-7-15-23,24-16-8-4-9-17-24)25-18-10-5-11-19-25/h3-21H,1-2H3. The van der Waals surface area contributed by atoms with Crippen LogP contribution < -0.4 is 25.6 Å². The predicted octanol–water partition coefficient (Wildman–Crippen LogP) is 3.13. The second-order valence-corrected chi connectivity index (χ2v) is 11.1. The number of rotatable bonds is 5. The number of benzene rings is 4. The van der Waals surface area contributed by atoms with Gasteiger partial charge in [0, 0.05) is 19.8 Å². The highest BCUT2D eigenvalue weighted by atomic mass is 28.3. The molecule has 0 bridgehead atoms. The summed E-state index contributed by atoms with van der Waals surface area (Å²) in [7, 11) is 1.81. The molecule has 4 aromatic carbocycles. The van der Waals surface area contributed by atoms with Crippen LogP contribution in [0.3, 0.4) is 0 Å². The van der Waals surface area contributed by atoms with Crippen LogP contribution in [0.4, 0.5) is 5.69 Å². The van der Waals surface area contributed by atoms with Gasteiger partial charge < -0.3 is 4.90 Å². The van der Waals surface area contributed by atoms with Gasteiger partial charge in [-0.2, -0.15) is 0 Å². The minimum Gasteiger partial charge on any atom is -0.378 e. The van der Waals surface area contributed by atoms with E-state index in [1.54, 1.807) is 0 Å². The van der Waals surface area contributed by atoms with Crippen LogP contribution in [0.2, 0.25) is 0 Å². The Kier molecular flexibility index (Phi) is 5.14. The molecule has 1 nitrogen and oxygen atoms in total. The molecule has 0 saturated carbocycles. The van der Waals surface area contributed by atoms with E-state index in [0.717, 1.165) is 0 Å². The molecule has 4 aromatic rings. The zero-order valence-corrected chi connectivity index (χ0v) is 17.4. The molecule has 0 amide bonds. The molecule has 0 unspecified atom stereocenters. The third-order valence-corrected chi connectivity index (χ3v) is 10.2.